The molecule has 0 radical (unpaired) electrons. The van der Waals surface area contributed by atoms with Crippen LogP contribution in [0.3, 0.4) is 0 Å². The van der Waals surface area contributed by atoms with Crippen molar-refractivity contribution in [1.82, 2.24) is 4.90 Å². The topological polar surface area (TPSA) is 53.7 Å². The van der Waals surface area contributed by atoms with Crippen molar-refractivity contribution < 1.29 is 9.52 Å². The van der Waals surface area contributed by atoms with Crippen LogP contribution in [-0.2, 0) is 6.54 Å². The van der Waals surface area contributed by atoms with Crippen LogP contribution in [0, 0.1) is 0 Å². The van der Waals surface area contributed by atoms with Gasteiger partial charge in [0.2, 0.25) is 5.43 Å². The minimum Gasteiger partial charge on any atom is -0.507 e. The molecule has 0 atom stereocenters. The molecular formula is C24H26ClNO3. The van der Waals surface area contributed by atoms with Gasteiger partial charge in [-0.25, -0.2) is 0 Å². The third-order valence-electron chi connectivity index (χ3n) is 6.04. The Balaban J connectivity index is 1.77. The Morgan fingerprint density at radius 2 is 1.86 bits per heavy atom. The summed E-state index contributed by atoms with van der Waals surface area (Å²) in [5.74, 6) is 0.167. The van der Waals surface area contributed by atoms with Crippen LogP contribution < -0.4 is 5.43 Å². The molecule has 1 aliphatic carbocycles. The second-order valence-corrected chi connectivity index (χ2v) is 8.16. The Morgan fingerprint density at radius 3 is 2.59 bits per heavy atom. The SMILES string of the molecule is CCN(Cc1c(O)ccc2c(=O)c(-c3ccccc3Cl)coc12)C1CCCCC1. The molecule has 1 heterocycles. The first kappa shape index (κ1) is 20.0. The van der Waals surface area contributed by atoms with Crippen LogP contribution in [0.2, 0.25) is 5.02 Å². The molecule has 1 aliphatic rings. The molecule has 2 aromatic carbocycles. The molecule has 5 heteroatoms. The van der Waals surface area contributed by atoms with Gasteiger partial charge < -0.3 is 9.52 Å². The van der Waals surface area contributed by atoms with Crippen LogP contribution in [0.4, 0.5) is 0 Å². The molecule has 0 saturated heterocycles. The fourth-order valence-electron chi connectivity index (χ4n) is 4.41. The lowest BCUT2D eigenvalue weighted by Crippen LogP contribution is -2.36. The smallest absolute Gasteiger partial charge is 0.200 e. The van der Waals surface area contributed by atoms with E-state index in [1.807, 2.05) is 18.2 Å². The van der Waals surface area contributed by atoms with Crippen molar-refractivity contribution in [3.63, 3.8) is 0 Å². The Labute approximate surface area is 175 Å². The van der Waals surface area contributed by atoms with E-state index in [9.17, 15) is 9.90 Å². The molecule has 0 spiro atoms. The van der Waals surface area contributed by atoms with Gasteiger partial charge in [0.05, 0.1) is 16.5 Å². The number of rotatable bonds is 5. The Hall–Kier alpha value is -2.30. The molecule has 0 amide bonds. The number of hydrogen-bond acceptors (Lipinski definition) is 4. The van der Waals surface area contributed by atoms with Crippen molar-refractivity contribution >= 4 is 22.6 Å². The maximum Gasteiger partial charge on any atom is 0.200 e. The van der Waals surface area contributed by atoms with Crippen molar-refractivity contribution in [3.8, 4) is 16.9 Å². The normalized spacial score (nSPS) is 15.3. The Morgan fingerprint density at radius 1 is 1.10 bits per heavy atom. The molecule has 1 fully saturated rings. The number of benzene rings is 2. The van der Waals surface area contributed by atoms with Crippen molar-refractivity contribution in [3.05, 3.63) is 63.5 Å². The van der Waals surface area contributed by atoms with Crippen molar-refractivity contribution in [2.75, 3.05) is 6.54 Å². The van der Waals surface area contributed by atoms with Gasteiger partial charge in [0.15, 0.2) is 0 Å². The highest BCUT2D eigenvalue weighted by molar-refractivity contribution is 6.33. The van der Waals surface area contributed by atoms with Gasteiger partial charge in [-0.1, -0.05) is 56.0 Å². The van der Waals surface area contributed by atoms with E-state index >= 15 is 0 Å². The first-order chi connectivity index (χ1) is 14.1. The van der Waals surface area contributed by atoms with Gasteiger partial charge in [-0.15, -0.1) is 0 Å². The van der Waals surface area contributed by atoms with Crippen LogP contribution in [0.5, 0.6) is 5.75 Å². The molecule has 4 rings (SSSR count). The van der Waals surface area contributed by atoms with E-state index in [1.54, 1.807) is 18.2 Å². The molecule has 0 unspecified atom stereocenters. The molecule has 0 bridgehead atoms. The Kier molecular flexibility index (Phi) is 5.93. The molecule has 152 valence electrons. The van der Waals surface area contributed by atoms with Crippen LogP contribution >= 0.6 is 11.6 Å². The molecule has 1 N–H and O–H groups in total. The maximum absolute atomic E-state index is 13.2. The van der Waals surface area contributed by atoms with Gasteiger partial charge >= 0.3 is 0 Å². The van der Waals surface area contributed by atoms with E-state index in [0.29, 0.717) is 45.3 Å². The lowest BCUT2D eigenvalue weighted by molar-refractivity contribution is 0.155. The third kappa shape index (κ3) is 3.92. The van der Waals surface area contributed by atoms with Crippen LogP contribution in [0.15, 0.2) is 51.9 Å². The average Bonchev–Trinajstić information content (AvgIpc) is 2.75. The minimum atomic E-state index is -0.138. The number of aromatic hydroxyl groups is 1. The van der Waals surface area contributed by atoms with Gasteiger partial charge in [0.25, 0.3) is 0 Å². The quantitative estimate of drug-likeness (QED) is 0.561. The lowest BCUT2D eigenvalue weighted by atomic mass is 9.93. The summed E-state index contributed by atoms with van der Waals surface area (Å²) in [5.41, 5.74) is 2.08. The minimum absolute atomic E-state index is 0.138. The maximum atomic E-state index is 13.2. The molecule has 1 aromatic heterocycles. The highest BCUT2D eigenvalue weighted by Gasteiger charge is 2.23. The van der Waals surface area contributed by atoms with Crippen LogP contribution in [0.25, 0.3) is 22.1 Å². The number of fused-ring (bicyclic) bond motifs is 1. The molecule has 3 aromatic rings. The zero-order chi connectivity index (χ0) is 20.4. The second kappa shape index (κ2) is 8.60. The number of nitrogens with zero attached hydrogens (tertiary/aromatic N) is 1. The second-order valence-electron chi connectivity index (χ2n) is 7.75. The summed E-state index contributed by atoms with van der Waals surface area (Å²) in [4.78, 5) is 15.6. The highest BCUT2D eigenvalue weighted by Crippen LogP contribution is 2.32. The molecule has 4 nitrogen and oxygen atoms in total. The number of phenols is 1. The van der Waals surface area contributed by atoms with Crippen molar-refractivity contribution in [1.29, 1.82) is 0 Å². The molecule has 1 saturated carbocycles. The van der Waals surface area contributed by atoms with Gasteiger partial charge in [-0.05, 0) is 37.6 Å². The van der Waals surface area contributed by atoms with E-state index in [4.69, 9.17) is 16.0 Å². The first-order valence-electron chi connectivity index (χ1n) is 10.4. The van der Waals surface area contributed by atoms with Gasteiger partial charge in [0, 0.05) is 23.2 Å². The van der Waals surface area contributed by atoms with Crippen LogP contribution in [0.1, 0.15) is 44.6 Å². The average molecular weight is 412 g/mol. The molecular weight excluding hydrogens is 386 g/mol. The molecule has 0 aliphatic heterocycles. The van der Waals surface area contributed by atoms with Gasteiger partial charge in [-0.3, -0.25) is 9.69 Å². The standard InChI is InChI=1S/C24H26ClNO3/c1-2-26(16-8-4-3-5-9-16)14-19-22(27)13-12-18-23(28)20(15-29-24(18)19)17-10-6-7-11-21(17)25/h6-7,10-13,15-16,27H,2-5,8-9,14H2,1H3. The number of halogens is 1. The van der Waals surface area contributed by atoms with E-state index in [1.165, 1.54) is 38.4 Å². The summed E-state index contributed by atoms with van der Waals surface area (Å²) in [6.45, 7) is 3.60. The first-order valence-corrected chi connectivity index (χ1v) is 10.7. The van der Waals surface area contributed by atoms with Crippen molar-refractivity contribution in [2.24, 2.45) is 0 Å². The fourth-order valence-corrected chi connectivity index (χ4v) is 4.65. The van der Waals surface area contributed by atoms with Crippen LogP contribution in [-0.4, -0.2) is 22.6 Å². The summed E-state index contributed by atoms with van der Waals surface area (Å²) in [5, 5.41) is 11.5. The highest BCUT2D eigenvalue weighted by atomic mass is 35.5. The summed E-state index contributed by atoms with van der Waals surface area (Å²) in [7, 11) is 0. The molecule has 29 heavy (non-hydrogen) atoms. The lowest BCUT2D eigenvalue weighted by Gasteiger charge is -2.33. The zero-order valence-electron chi connectivity index (χ0n) is 16.7. The summed E-state index contributed by atoms with van der Waals surface area (Å²) in [6.07, 6.45) is 7.62. The van der Waals surface area contributed by atoms with E-state index in [0.717, 1.165) is 6.54 Å². The van der Waals surface area contributed by atoms with E-state index in [-0.39, 0.29) is 11.2 Å². The summed E-state index contributed by atoms with van der Waals surface area (Å²) < 4.78 is 5.93. The van der Waals surface area contributed by atoms with Gasteiger partial charge in [-0.2, -0.15) is 0 Å². The third-order valence-corrected chi connectivity index (χ3v) is 6.37. The fraction of sp³-hybridized carbons (Fsp3) is 0.375. The van der Waals surface area contributed by atoms with Gasteiger partial charge in [0.1, 0.15) is 17.6 Å². The number of hydrogen-bond donors (Lipinski definition) is 1. The number of phenolic OH excluding ortho intramolecular Hbond substituents is 1. The van der Waals surface area contributed by atoms with Crippen molar-refractivity contribution in [2.45, 2.75) is 51.6 Å². The summed E-state index contributed by atoms with van der Waals surface area (Å²) in [6, 6.07) is 11.0. The predicted molar refractivity (Wildman–Crippen MR) is 118 cm³/mol. The summed E-state index contributed by atoms with van der Waals surface area (Å²) >= 11 is 6.28. The van der Waals surface area contributed by atoms with E-state index in [2.05, 4.69) is 11.8 Å². The predicted octanol–water partition coefficient (Wildman–Crippen LogP) is 5.97. The zero-order valence-corrected chi connectivity index (χ0v) is 17.4. The largest absolute Gasteiger partial charge is 0.507 e. The van der Waals surface area contributed by atoms with E-state index < -0.39 is 0 Å². The Bertz CT molecular complexity index is 1070. The monoisotopic (exact) mass is 411 g/mol.